The number of nitriles is 1. The van der Waals surface area contributed by atoms with Crippen molar-refractivity contribution in [3.05, 3.63) is 69.5 Å². The molecule has 3 rings (SSSR count). The minimum atomic E-state index is -0.514. The third kappa shape index (κ3) is 4.61. The molecule has 7 heteroatoms. The fourth-order valence-corrected chi connectivity index (χ4v) is 3.32. The Bertz CT molecular complexity index is 1040. The van der Waals surface area contributed by atoms with Crippen molar-refractivity contribution in [1.82, 2.24) is 4.98 Å². The Labute approximate surface area is 169 Å². The number of carbonyl (C=O) groups excluding carboxylic acids is 1. The molecule has 0 aliphatic carbocycles. The first-order valence-corrected chi connectivity index (χ1v) is 9.55. The molecule has 0 radical (unpaired) electrons. The number of benzene rings is 2. The monoisotopic (exact) mass is 439 g/mol. The topological polar surface area (TPSA) is 75.0 Å². The summed E-state index contributed by atoms with van der Waals surface area (Å²) in [7, 11) is 1.54. The minimum Gasteiger partial charge on any atom is -0.496 e. The van der Waals surface area contributed by atoms with Gasteiger partial charge in [-0.3, -0.25) is 10.1 Å². The summed E-state index contributed by atoms with van der Waals surface area (Å²) in [5, 5.41) is 14.3. The van der Waals surface area contributed by atoms with Gasteiger partial charge in [-0.1, -0.05) is 46.3 Å². The number of para-hydroxylation sites is 1. The molecule has 1 aromatic heterocycles. The molecule has 0 unspecified atom stereocenters. The van der Waals surface area contributed by atoms with Crippen LogP contribution in [0, 0.1) is 11.3 Å². The highest BCUT2D eigenvalue weighted by Gasteiger charge is 2.13. The van der Waals surface area contributed by atoms with Gasteiger partial charge in [0.25, 0.3) is 5.91 Å². The Morgan fingerprint density at radius 3 is 2.70 bits per heavy atom. The molecule has 1 heterocycles. The first-order chi connectivity index (χ1) is 13.1. The van der Waals surface area contributed by atoms with E-state index < -0.39 is 5.91 Å². The SMILES string of the molecule is COc1ccccc1/C=C(\C#N)C(=O)Nc1nc(-c2ccc(Br)cc2)cs1. The standard InChI is InChI=1S/C20H14BrN3O2S/c1-26-18-5-3-2-4-14(18)10-15(11-22)19(25)24-20-23-17(12-27-20)13-6-8-16(21)9-7-13/h2-10,12H,1H3,(H,23,24,25)/b15-10+. The first-order valence-electron chi connectivity index (χ1n) is 7.88. The highest BCUT2D eigenvalue weighted by atomic mass is 79.9. The predicted octanol–water partition coefficient (Wildman–Crippen LogP) is 5.13. The molecule has 1 N–H and O–H groups in total. The van der Waals surface area contributed by atoms with Gasteiger partial charge in [0, 0.05) is 21.0 Å². The molecule has 5 nitrogen and oxygen atoms in total. The lowest BCUT2D eigenvalue weighted by Gasteiger charge is -2.05. The quantitative estimate of drug-likeness (QED) is 0.441. The van der Waals surface area contributed by atoms with Gasteiger partial charge in [-0.2, -0.15) is 5.26 Å². The number of anilines is 1. The van der Waals surface area contributed by atoms with Gasteiger partial charge in [-0.25, -0.2) is 4.98 Å². The second-order valence-electron chi connectivity index (χ2n) is 5.41. The van der Waals surface area contributed by atoms with Crippen LogP contribution in [0.4, 0.5) is 5.13 Å². The average molecular weight is 440 g/mol. The molecular weight excluding hydrogens is 426 g/mol. The van der Waals surface area contributed by atoms with Crippen LogP contribution < -0.4 is 10.1 Å². The minimum absolute atomic E-state index is 0.0279. The van der Waals surface area contributed by atoms with E-state index in [9.17, 15) is 10.1 Å². The van der Waals surface area contributed by atoms with Crippen LogP contribution in [0.5, 0.6) is 5.75 Å². The number of ether oxygens (including phenoxy) is 1. The largest absolute Gasteiger partial charge is 0.496 e. The number of carbonyl (C=O) groups is 1. The van der Waals surface area contributed by atoms with Crippen molar-refractivity contribution in [3.63, 3.8) is 0 Å². The van der Waals surface area contributed by atoms with E-state index in [1.165, 1.54) is 24.5 Å². The van der Waals surface area contributed by atoms with Crippen LogP contribution in [0.3, 0.4) is 0 Å². The van der Waals surface area contributed by atoms with Gasteiger partial charge in [0.15, 0.2) is 5.13 Å². The van der Waals surface area contributed by atoms with Gasteiger partial charge in [0.1, 0.15) is 17.4 Å². The number of methoxy groups -OCH3 is 1. The van der Waals surface area contributed by atoms with Gasteiger partial charge in [0.05, 0.1) is 12.8 Å². The summed E-state index contributed by atoms with van der Waals surface area (Å²) in [5.41, 5.74) is 2.33. The molecule has 134 valence electrons. The van der Waals surface area contributed by atoms with E-state index in [4.69, 9.17) is 4.74 Å². The maximum Gasteiger partial charge on any atom is 0.268 e. The third-order valence-corrected chi connectivity index (χ3v) is 4.95. The first kappa shape index (κ1) is 18.8. The van der Waals surface area contributed by atoms with Crippen molar-refractivity contribution in [3.8, 4) is 23.1 Å². The van der Waals surface area contributed by atoms with Crippen LogP contribution in [0.25, 0.3) is 17.3 Å². The maximum atomic E-state index is 12.5. The molecular formula is C20H14BrN3O2S. The van der Waals surface area contributed by atoms with Crippen LogP contribution in [0.2, 0.25) is 0 Å². The average Bonchev–Trinajstić information content (AvgIpc) is 3.15. The van der Waals surface area contributed by atoms with Gasteiger partial charge in [-0.05, 0) is 24.3 Å². The molecule has 0 atom stereocenters. The molecule has 0 fully saturated rings. The Kier molecular flexibility index (Phi) is 6.01. The summed E-state index contributed by atoms with van der Waals surface area (Å²) in [6.45, 7) is 0. The van der Waals surface area contributed by atoms with E-state index >= 15 is 0 Å². The fraction of sp³-hybridized carbons (Fsp3) is 0.0500. The highest BCUT2D eigenvalue weighted by Crippen LogP contribution is 2.27. The Balaban J connectivity index is 1.79. The van der Waals surface area contributed by atoms with Gasteiger partial charge >= 0.3 is 0 Å². The Hall–Kier alpha value is -2.95. The number of amides is 1. The zero-order valence-electron chi connectivity index (χ0n) is 14.3. The molecule has 2 aromatic carbocycles. The van der Waals surface area contributed by atoms with Gasteiger partial charge < -0.3 is 4.74 Å². The van der Waals surface area contributed by atoms with E-state index in [0.717, 1.165) is 15.7 Å². The molecule has 3 aromatic rings. The highest BCUT2D eigenvalue weighted by molar-refractivity contribution is 9.10. The summed E-state index contributed by atoms with van der Waals surface area (Å²) in [5.74, 6) is 0.0740. The fourth-order valence-electron chi connectivity index (χ4n) is 2.34. The van der Waals surface area contributed by atoms with E-state index in [1.807, 2.05) is 47.8 Å². The smallest absolute Gasteiger partial charge is 0.268 e. The predicted molar refractivity (Wildman–Crippen MR) is 110 cm³/mol. The summed E-state index contributed by atoms with van der Waals surface area (Å²) in [6, 6.07) is 16.8. The van der Waals surface area contributed by atoms with Crippen molar-refractivity contribution >= 4 is 44.4 Å². The van der Waals surface area contributed by atoms with Crippen molar-refractivity contribution in [2.45, 2.75) is 0 Å². The maximum absolute atomic E-state index is 12.5. The van der Waals surface area contributed by atoms with E-state index in [0.29, 0.717) is 16.4 Å². The molecule has 0 spiro atoms. The normalized spacial score (nSPS) is 10.9. The molecule has 1 amide bonds. The summed E-state index contributed by atoms with van der Waals surface area (Å²) in [4.78, 5) is 16.9. The molecule has 0 aliphatic rings. The summed E-state index contributed by atoms with van der Waals surface area (Å²) >= 11 is 4.70. The van der Waals surface area contributed by atoms with E-state index in [1.54, 1.807) is 12.1 Å². The lowest BCUT2D eigenvalue weighted by atomic mass is 10.1. The number of hydrogen-bond donors (Lipinski definition) is 1. The van der Waals surface area contributed by atoms with Crippen LogP contribution >= 0.6 is 27.3 Å². The van der Waals surface area contributed by atoms with Crippen LogP contribution in [0.15, 0.2) is 64.0 Å². The molecule has 27 heavy (non-hydrogen) atoms. The summed E-state index contributed by atoms with van der Waals surface area (Å²) < 4.78 is 6.23. The number of thiazole rings is 1. The number of aromatic nitrogens is 1. The molecule has 0 bridgehead atoms. The van der Waals surface area contributed by atoms with E-state index in [-0.39, 0.29) is 5.57 Å². The number of halogens is 1. The molecule has 0 saturated heterocycles. The lowest BCUT2D eigenvalue weighted by Crippen LogP contribution is -2.13. The van der Waals surface area contributed by atoms with Crippen LogP contribution in [-0.4, -0.2) is 18.0 Å². The number of rotatable bonds is 5. The zero-order chi connectivity index (χ0) is 19.2. The molecule has 0 saturated carbocycles. The Morgan fingerprint density at radius 1 is 1.26 bits per heavy atom. The van der Waals surface area contributed by atoms with Crippen molar-refractivity contribution in [2.24, 2.45) is 0 Å². The van der Waals surface area contributed by atoms with Crippen molar-refractivity contribution < 1.29 is 9.53 Å². The second kappa shape index (κ2) is 8.62. The molecule has 0 aliphatic heterocycles. The van der Waals surface area contributed by atoms with Crippen molar-refractivity contribution in [2.75, 3.05) is 12.4 Å². The van der Waals surface area contributed by atoms with E-state index in [2.05, 4.69) is 26.2 Å². The second-order valence-corrected chi connectivity index (χ2v) is 7.18. The van der Waals surface area contributed by atoms with Gasteiger partial charge in [0.2, 0.25) is 0 Å². The third-order valence-electron chi connectivity index (χ3n) is 3.67. The zero-order valence-corrected chi connectivity index (χ0v) is 16.7. The lowest BCUT2D eigenvalue weighted by molar-refractivity contribution is -0.112. The number of nitrogens with one attached hydrogen (secondary N) is 1. The Morgan fingerprint density at radius 2 is 2.00 bits per heavy atom. The summed E-state index contributed by atoms with van der Waals surface area (Å²) in [6.07, 6.45) is 1.50. The number of hydrogen-bond acceptors (Lipinski definition) is 5. The van der Waals surface area contributed by atoms with Crippen LogP contribution in [-0.2, 0) is 4.79 Å². The van der Waals surface area contributed by atoms with Crippen LogP contribution in [0.1, 0.15) is 5.56 Å². The number of nitrogens with zero attached hydrogens (tertiary/aromatic N) is 2. The van der Waals surface area contributed by atoms with Gasteiger partial charge in [-0.15, -0.1) is 11.3 Å². The van der Waals surface area contributed by atoms with Crippen molar-refractivity contribution in [1.29, 1.82) is 5.26 Å².